The van der Waals surface area contributed by atoms with Gasteiger partial charge in [0.25, 0.3) is 0 Å². The highest BCUT2D eigenvalue weighted by atomic mass is 32.2. The zero-order chi connectivity index (χ0) is 15.9. The fourth-order valence-corrected chi connectivity index (χ4v) is 5.50. The van der Waals surface area contributed by atoms with Crippen molar-refractivity contribution in [1.82, 2.24) is 9.29 Å². The second-order valence-corrected chi connectivity index (χ2v) is 8.73. The average molecular weight is 334 g/mol. The average Bonchev–Trinajstić information content (AvgIpc) is 3.24. The van der Waals surface area contributed by atoms with Gasteiger partial charge in [-0.1, -0.05) is 18.2 Å². The first-order chi connectivity index (χ1) is 11.1. The molecule has 23 heavy (non-hydrogen) atoms. The first-order valence-corrected chi connectivity index (χ1v) is 9.79. The molecule has 2 saturated heterocycles. The number of fused-ring (bicyclic) bond motifs is 1. The number of nitrogens with zero attached hydrogens (tertiary/aromatic N) is 1. The van der Waals surface area contributed by atoms with Crippen LogP contribution in [0.4, 0.5) is 0 Å². The maximum Gasteiger partial charge on any atom is 0.219 e. The van der Waals surface area contributed by atoms with Gasteiger partial charge in [-0.05, 0) is 36.8 Å². The molecule has 3 heterocycles. The molecule has 0 bridgehead atoms. The minimum Gasteiger partial charge on any atom is -0.380 e. The predicted molar refractivity (Wildman–Crippen MR) is 90.0 cm³/mol. The van der Waals surface area contributed by atoms with E-state index in [0.717, 1.165) is 18.4 Å². The fraction of sp³-hybridized carbons (Fsp3) is 0.529. The lowest BCUT2D eigenvalue weighted by Crippen LogP contribution is -2.43. The van der Waals surface area contributed by atoms with E-state index in [1.165, 1.54) is 11.1 Å². The van der Waals surface area contributed by atoms with Crippen molar-refractivity contribution < 1.29 is 13.2 Å². The molecule has 1 aromatic carbocycles. The minimum absolute atomic E-state index is 0.341. The number of rotatable bonds is 3. The molecule has 2 aliphatic heterocycles. The Balaban J connectivity index is 1.46. The number of benzene rings is 1. The van der Waals surface area contributed by atoms with Crippen molar-refractivity contribution in [2.45, 2.75) is 30.4 Å². The predicted octanol–water partition coefficient (Wildman–Crippen LogP) is 2.47. The molecule has 1 atom stereocenters. The van der Waals surface area contributed by atoms with Crippen molar-refractivity contribution in [1.29, 1.82) is 0 Å². The van der Waals surface area contributed by atoms with E-state index in [1.54, 1.807) is 4.31 Å². The van der Waals surface area contributed by atoms with Gasteiger partial charge in [-0.15, -0.1) is 0 Å². The van der Waals surface area contributed by atoms with Crippen LogP contribution in [-0.4, -0.2) is 49.3 Å². The lowest BCUT2D eigenvalue weighted by molar-refractivity contribution is 0.197. The zero-order valence-electron chi connectivity index (χ0n) is 13.1. The normalized spacial score (nSPS) is 24.4. The Morgan fingerprint density at radius 2 is 1.91 bits per heavy atom. The number of aromatic nitrogens is 1. The molecule has 1 aromatic heterocycles. The number of ether oxygens (including phenoxy) is 1. The van der Waals surface area contributed by atoms with Gasteiger partial charge in [0.1, 0.15) is 5.25 Å². The molecule has 0 spiro atoms. The van der Waals surface area contributed by atoms with Gasteiger partial charge in [0.15, 0.2) is 0 Å². The topological polar surface area (TPSA) is 62.4 Å². The number of sulfonamides is 1. The number of para-hydroxylation sites is 1. The van der Waals surface area contributed by atoms with Crippen LogP contribution in [-0.2, 0) is 14.8 Å². The summed E-state index contributed by atoms with van der Waals surface area (Å²) in [5.74, 6) is 0.411. The van der Waals surface area contributed by atoms with Crippen molar-refractivity contribution in [3.63, 3.8) is 0 Å². The van der Waals surface area contributed by atoms with Crippen LogP contribution in [0.1, 0.15) is 30.9 Å². The Morgan fingerprint density at radius 3 is 2.61 bits per heavy atom. The lowest BCUT2D eigenvalue weighted by Gasteiger charge is -2.32. The van der Waals surface area contributed by atoms with Gasteiger partial charge in [-0.25, -0.2) is 12.7 Å². The van der Waals surface area contributed by atoms with Crippen LogP contribution in [0.5, 0.6) is 0 Å². The number of H-pyrrole nitrogens is 1. The highest BCUT2D eigenvalue weighted by Gasteiger charge is 2.37. The van der Waals surface area contributed by atoms with Gasteiger partial charge >= 0.3 is 0 Å². The lowest BCUT2D eigenvalue weighted by atomic mass is 9.95. The second-order valence-electron chi connectivity index (χ2n) is 6.52. The van der Waals surface area contributed by atoms with E-state index in [0.29, 0.717) is 38.6 Å². The van der Waals surface area contributed by atoms with Crippen LogP contribution in [0.2, 0.25) is 0 Å². The van der Waals surface area contributed by atoms with Crippen molar-refractivity contribution >= 4 is 20.9 Å². The first-order valence-electron chi connectivity index (χ1n) is 8.29. The summed E-state index contributed by atoms with van der Waals surface area (Å²) in [6.07, 6.45) is 2.38. The summed E-state index contributed by atoms with van der Waals surface area (Å²) in [5.41, 5.74) is 2.38. The molecule has 0 amide bonds. The van der Waals surface area contributed by atoms with E-state index >= 15 is 0 Å². The van der Waals surface area contributed by atoms with Crippen molar-refractivity contribution in [3.8, 4) is 0 Å². The number of hydrogen-bond donors (Lipinski definition) is 1. The number of nitrogens with one attached hydrogen (secondary N) is 1. The molecule has 2 aliphatic rings. The molecule has 1 unspecified atom stereocenters. The molecule has 124 valence electrons. The van der Waals surface area contributed by atoms with Crippen LogP contribution in [0.3, 0.4) is 0 Å². The third-order valence-electron chi connectivity index (χ3n) is 5.11. The maximum absolute atomic E-state index is 12.6. The molecular formula is C17H22N2O3S. The Morgan fingerprint density at radius 1 is 1.13 bits per heavy atom. The molecule has 2 fully saturated rings. The second kappa shape index (κ2) is 5.92. The van der Waals surface area contributed by atoms with E-state index in [9.17, 15) is 8.42 Å². The largest absolute Gasteiger partial charge is 0.380 e. The van der Waals surface area contributed by atoms with Crippen molar-refractivity contribution in [2.24, 2.45) is 0 Å². The van der Waals surface area contributed by atoms with Crippen LogP contribution in [0.15, 0.2) is 30.3 Å². The van der Waals surface area contributed by atoms with E-state index in [2.05, 4.69) is 23.2 Å². The molecule has 6 heteroatoms. The molecule has 0 saturated carbocycles. The SMILES string of the molecule is O=S(=O)(C1CCOC1)N1CCC(c2cc3ccccc3[nH]2)CC1. The van der Waals surface area contributed by atoms with Gasteiger partial charge in [-0.3, -0.25) is 0 Å². The molecule has 4 rings (SSSR count). The van der Waals surface area contributed by atoms with Gasteiger partial charge in [0.2, 0.25) is 10.0 Å². The first kappa shape index (κ1) is 15.2. The van der Waals surface area contributed by atoms with Crippen molar-refractivity contribution in [3.05, 3.63) is 36.0 Å². The number of aromatic amines is 1. The van der Waals surface area contributed by atoms with E-state index < -0.39 is 10.0 Å². The highest BCUT2D eigenvalue weighted by molar-refractivity contribution is 7.89. The minimum atomic E-state index is -3.19. The quantitative estimate of drug-likeness (QED) is 0.938. The summed E-state index contributed by atoms with van der Waals surface area (Å²) in [6.45, 7) is 2.14. The van der Waals surface area contributed by atoms with Gasteiger partial charge < -0.3 is 9.72 Å². The van der Waals surface area contributed by atoms with Crippen LogP contribution in [0, 0.1) is 0 Å². The molecule has 2 aromatic rings. The summed E-state index contributed by atoms with van der Waals surface area (Å²) in [4.78, 5) is 3.49. The summed E-state index contributed by atoms with van der Waals surface area (Å²) < 4.78 is 32.1. The Kier molecular flexibility index (Phi) is 3.91. The molecular weight excluding hydrogens is 312 g/mol. The Bertz CT molecular complexity index is 752. The molecule has 0 aliphatic carbocycles. The summed E-state index contributed by atoms with van der Waals surface area (Å²) in [6, 6.07) is 10.5. The maximum atomic E-state index is 12.6. The summed E-state index contributed by atoms with van der Waals surface area (Å²) in [5, 5.41) is 0.882. The standard InChI is InChI=1S/C17H22N2O3S/c20-23(21,15-7-10-22-12-15)19-8-5-13(6-9-19)17-11-14-3-1-2-4-16(14)18-17/h1-4,11,13,15,18H,5-10,12H2. The van der Waals surface area contributed by atoms with Gasteiger partial charge in [0.05, 0.1) is 6.61 Å². The van der Waals surface area contributed by atoms with Crippen LogP contribution < -0.4 is 0 Å². The summed E-state index contributed by atoms with van der Waals surface area (Å²) in [7, 11) is -3.19. The van der Waals surface area contributed by atoms with Gasteiger partial charge in [0, 0.05) is 36.8 Å². The molecule has 5 nitrogen and oxygen atoms in total. The van der Waals surface area contributed by atoms with Crippen LogP contribution >= 0.6 is 0 Å². The van der Waals surface area contributed by atoms with E-state index in [-0.39, 0.29) is 5.25 Å². The fourth-order valence-electron chi connectivity index (χ4n) is 3.70. The Hall–Kier alpha value is -1.37. The zero-order valence-corrected chi connectivity index (χ0v) is 13.9. The van der Waals surface area contributed by atoms with Crippen LogP contribution in [0.25, 0.3) is 10.9 Å². The summed E-state index contributed by atoms with van der Waals surface area (Å²) >= 11 is 0. The smallest absolute Gasteiger partial charge is 0.219 e. The van der Waals surface area contributed by atoms with E-state index in [1.807, 2.05) is 12.1 Å². The number of piperidine rings is 1. The molecule has 0 radical (unpaired) electrons. The monoisotopic (exact) mass is 334 g/mol. The molecule has 1 N–H and O–H groups in total. The van der Waals surface area contributed by atoms with Crippen molar-refractivity contribution in [2.75, 3.05) is 26.3 Å². The third kappa shape index (κ3) is 2.79. The number of hydrogen-bond acceptors (Lipinski definition) is 3. The van der Waals surface area contributed by atoms with Gasteiger partial charge in [-0.2, -0.15) is 0 Å². The highest BCUT2D eigenvalue weighted by Crippen LogP contribution is 2.32. The van der Waals surface area contributed by atoms with E-state index in [4.69, 9.17) is 4.74 Å². The Labute approximate surface area is 136 Å². The third-order valence-corrected chi connectivity index (χ3v) is 7.41.